The number of nitrogens with zero attached hydrogens (tertiary/aromatic N) is 3. The van der Waals surface area contributed by atoms with Crippen LogP contribution in [0.1, 0.15) is 39.0 Å². The van der Waals surface area contributed by atoms with Gasteiger partial charge in [0.25, 0.3) is 0 Å². The number of methoxy groups -OCH3 is 1. The number of hydrogen-bond acceptors (Lipinski definition) is 6. The van der Waals surface area contributed by atoms with Crippen LogP contribution in [0.5, 0.6) is 5.75 Å². The number of ether oxygens (including phenoxy) is 1. The average molecular weight is 461 g/mol. The molecule has 0 spiro atoms. The van der Waals surface area contributed by atoms with Gasteiger partial charge in [-0.25, -0.2) is 9.78 Å². The molecule has 1 aliphatic heterocycles. The highest BCUT2D eigenvalue weighted by Gasteiger charge is 2.30. The zero-order valence-corrected chi connectivity index (χ0v) is 19.3. The highest BCUT2D eigenvalue weighted by molar-refractivity contribution is 5.88. The van der Waals surface area contributed by atoms with Gasteiger partial charge in [-0.15, -0.1) is 0 Å². The van der Waals surface area contributed by atoms with E-state index in [0.717, 1.165) is 54.1 Å². The highest BCUT2D eigenvalue weighted by Crippen LogP contribution is 2.35. The van der Waals surface area contributed by atoms with Crippen LogP contribution in [0.2, 0.25) is 0 Å². The lowest BCUT2D eigenvalue weighted by atomic mass is 9.98. The number of aromatic amines is 1. The standard InChI is InChI=1S/C26H28N4O4/c1-17-13-23(33-2)21(20-7-8-28-25(17)20)14-30-11-10-29(16-24-27-9-12-34-24)15-22(30)18-3-5-19(6-4-18)26(31)32/h3-9,12-13,22,28H,10-11,14-16H2,1-2H3,(H,31,32)/t22-/m1/s1. The number of aryl methyl sites for hydroxylation is 1. The fourth-order valence-electron chi connectivity index (χ4n) is 4.88. The van der Waals surface area contributed by atoms with Crippen molar-refractivity contribution in [1.29, 1.82) is 0 Å². The van der Waals surface area contributed by atoms with Gasteiger partial charge in [0.2, 0.25) is 5.89 Å². The van der Waals surface area contributed by atoms with Crippen LogP contribution in [0.15, 0.2) is 59.5 Å². The average Bonchev–Trinajstić information content (AvgIpc) is 3.54. The summed E-state index contributed by atoms with van der Waals surface area (Å²) in [6.07, 6.45) is 5.23. The second-order valence-corrected chi connectivity index (χ2v) is 8.72. The lowest BCUT2D eigenvalue weighted by Crippen LogP contribution is -2.47. The third-order valence-corrected chi connectivity index (χ3v) is 6.65. The Hall–Kier alpha value is -3.62. The van der Waals surface area contributed by atoms with Crippen LogP contribution in [-0.2, 0) is 13.1 Å². The second kappa shape index (κ2) is 9.32. The molecule has 1 saturated heterocycles. The summed E-state index contributed by atoms with van der Waals surface area (Å²) in [7, 11) is 1.72. The third kappa shape index (κ3) is 4.30. The number of hydrogen-bond donors (Lipinski definition) is 2. The SMILES string of the molecule is COc1cc(C)c2[nH]ccc2c1CN1CCN(Cc2ncco2)C[C@@H]1c1ccc(C(=O)O)cc1. The van der Waals surface area contributed by atoms with Crippen LogP contribution >= 0.6 is 0 Å². The zero-order chi connectivity index (χ0) is 23.7. The summed E-state index contributed by atoms with van der Waals surface area (Å²) < 4.78 is 11.3. The normalized spacial score (nSPS) is 17.3. The molecule has 4 aromatic rings. The number of H-pyrrole nitrogens is 1. The maximum atomic E-state index is 11.4. The molecule has 2 aromatic carbocycles. The molecule has 0 unspecified atom stereocenters. The Labute approximate surface area is 197 Å². The summed E-state index contributed by atoms with van der Waals surface area (Å²) in [5, 5.41) is 10.5. The molecule has 0 amide bonds. The predicted octanol–water partition coefficient (Wildman–Crippen LogP) is 4.23. The topological polar surface area (TPSA) is 94.8 Å². The predicted molar refractivity (Wildman–Crippen MR) is 128 cm³/mol. The van der Waals surface area contributed by atoms with Gasteiger partial charge in [-0.3, -0.25) is 9.80 Å². The monoisotopic (exact) mass is 460 g/mol. The molecule has 1 aliphatic rings. The first-order valence-corrected chi connectivity index (χ1v) is 11.3. The first-order valence-electron chi connectivity index (χ1n) is 11.3. The van der Waals surface area contributed by atoms with E-state index >= 15 is 0 Å². The number of piperazine rings is 1. The number of nitrogens with one attached hydrogen (secondary N) is 1. The van der Waals surface area contributed by atoms with Crippen LogP contribution in [0.4, 0.5) is 0 Å². The van der Waals surface area contributed by atoms with E-state index in [1.165, 1.54) is 5.39 Å². The molecule has 8 nitrogen and oxygen atoms in total. The molecule has 0 aliphatic carbocycles. The van der Waals surface area contributed by atoms with Gasteiger partial charge >= 0.3 is 5.97 Å². The van der Waals surface area contributed by atoms with Crippen molar-refractivity contribution in [3.05, 3.63) is 83.2 Å². The van der Waals surface area contributed by atoms with Gasteiger partial charge in [0.15, 0.2) is 0 Å². The van der Waals surface area contributed by atoms with Crippen molar-refractivity contribution in [2.24, 2.45) is 0 Å². The first-order chi connectivity index (χ1) is 16.5. The number of benzene rings is 2. The van der Waals surface area contributed by atoms with E-state index in [9.17, 15) is 9.90 Å². The zero-order valence-electron chi connectivity index (χ0n) is 19.3. The molecule has 1 atom stereocenters. The van der Waals surface area contributed by atoms with Crippen LogP contribution in [-0.4, -0.2) is 57.6 Å². The van der Waals surface area contributed by atoms with Crippen molar-refractivity contribution in [3.8, 4) is 5.75 Å². The van der Waals surface area contributed by atoms with Crippen LogP contribution in [0.3, 0.4) is 0 Å². The lowest BCUT2D eigenvalue weighted by molar-refractivity contribution is 0.0585. The Morgan fingerprint density at radius 1 is 1.24 bits per heavy atom. The number of aromatic carboxylic acids is 1. The minimum atomic E-state index is -0.920. The van der Waals surface area contributed by atoms with Crippen molar-refractivity contribution in [2.45, 2.75) is 26.1 Å². The third-order valence-electron chi connectivity index (χ3n) is 6.65. The summed E-state index contributed by atoms with van der Waals surface area (Å²) in [5.74, 6) is 0.659. The van der Waals surface area contributed by atoms with E-state index in [1.54, 1.807) is 31.7 Å². The molecule has 0 radical (unpaired) electrons. The number of fused-ring (bicyclic) bond motifs is 1. The molecule has 5 rings (SSSR count). The molecule has 1 fully saturated rings. The Morgan fingerprint density at radius 2 is 2.06 bits per heavy atom. The largest absolute Gasteiger partial charge is 0.496 e. The van der Waals surface area contributed by atoms with E-state index in [0.29, 0.717) is 12.4 Å². The van der Waals surface area contributed by atoms with E-state index in [-0.39, 0.29) is 11.6 Å². The fraction of sp³-hybridized carbons (Fsp3) is 0.308. The van der Waals surface area contributed by atoms with E-state index in [4.69, 9.17) is 9.15 Å². The maximum Gasteiger partial charge on any atom is 0.335 e. The number of carboxylic acids is 1. The molecule has 8 heteroatoms. The molecular formula is C26H28N4O4. The number of carboxylic acid groups (broad SMARTS) is 1. The van der Waals surface area contributed by atoms with Gasteiger partial charge in [-0.1, -0.05) is 12.1 Å². The summed E-state index contributed by atoms with van der Waals surface area (Å²) in [4.78, 5) is 23.8. The smallest absolute Gasteiger partial charge is 0.335 e. The van der Waals surface area contributed by atoms with Gasteiger partial charge in [-0.05, 0) is 42.3 Å². The Balaban J connectivity index is 1.47. The summed E-state index contributed by atoms with van der Waals surface area (Å²) in [6, 6.07) is 11.5. The number of oxazole rings is 1. The summed E-state index contributed by atoms with van der Waals surface area (Å²) in [6.45, 7) is 5.93. The Morgan fingerprint density at radius 3 is 2.76 bits per heavy atom. The van der Waals surface area contributed by atoms with Gasteiger partial charge in [0.1, 0.15) is 12.0 Å². The van der Waals surface area contributed by atoms with Crippen molar-refractivity contribution in [1.82, 2.24) is 19.8 Å². The van der Waals surface area contributed by atoms with Crippen LogP contribution in [0.25, 0.3) is 10.9 Å². The Kier molecular flexibility index (Phi) is 6.08. The lowest BCUT2D eigenvalue weighted by Gasteiger charge is -2.41. The number of aromatic nitrogens is 2. The highest BCUT2D eigenvalue weighted by atomic mass is 16.5. The maximum absolute atomic E-state index is 11.4. The molecular weight excluding hydrogens is 432 g/mol. The van der Waals surface area contributed by atoms with Gasteiger partial charge in [0.05, 0.1) is 25.4 Å². The molecule has 0 bridgehead atoms. The molecule has 3 heterocycles. The quantitative estimate of drug-likeness (QED) is 0.426. The van der Waals surface area contributed by atoms with Crippen molar-refractivity contribution in [2.75, 3.05) is 26.7 Å². The minimum absolute atomic E-state index is 0.0755. The first kappa shape index (κ1) is 22.2. The fourth-order valence-corrected chi connectivity index (χ4v) is 4.88. The van der Waals surface area contributed by atoms with E-state index in [2.05, 4.69) is 38.8 Å². The van der Waals surface area contributed by atoms with E-state index < -0.39 is 5.97 Å². The van der Waals surface area contributed by atoms with Crippen LogP contribution < -0.4 is 4.74 Å². The molecule has 176 valence electrons. The molecule has 0 saturated carbocycles. The van der Waals surface area contributed by atoms with Gasteiger partial charge in [-0.2, -0.15) is 0 Å². The molecule has 34 heavy (non-hydrogen) atoms. The second-order valence-electron chi connectivity index (χ2n) is 8.72. The van der Waals surface area contributed by atoms with Crippen molar-refractivity contribution < 1.29 is 19.1 Å². The molecule has 2 aromatic heterocycles. The van der Waals surface area contributed by atoms with Gasteiger partial charge < -0.3 is 19.2 Å². The van der Waals surface area contributed by atoms with Crippen molar-refractivity contribution in [3.63, 3.8) is 0 Å². The van der Waals surface area contributed by atoms with Gasteiger partial charge in [0, 0.05) is 54.9 Å². The van der Waals surface area contributed by atoms with E-state index in [1.807, 2.05) is 18.3 Å². The Bertz CT molecular complexity index is 1280. The number of carbonyl (C=O) groups is 1. The van der Waals surface area contributed by atoms with Crippen molar-refractivity contribution >= 4 is 16.9 Å². The number of rotatable bonds is 7. The van der Waals surface area contributed by atoms with Crippen LogP contribution in [0, 0.1) is 6.92 Å². The summed E-state index contributed by atoms with van der Waals surface area (Å²) >= 11 is 0. The summed E-state index contributed by atoms with van der Waals surface area (Å²) in [5.41, 5.74) is 4.80. The molecule has 2 N–H and O–H groups in total. The minimum Gasteiger partial charge on any atom is -0.496 e.